The van der Waals surface area contributed by atoms with Gasteiger partial charge in [-0.15, -0.1) is 0 Å². The number of carbonyl (C=O) groups is 1. The van der Waals surface area contributed by atoms with Gasteiger partial charge in [0.1, 0.15) is 5.56 Å². The summed E-state index contributed by atoms with van der Waals surface area (Å²) in [7, 11) is 0. The molecule has 2 rings (SSSR count). The molecule has 7 nitrogen and oxygen atoms in total. The molecule has 1 saturated heterocycles. The van der Waals surface area contributed by atoms with Crippen LogP contribution in [0.5, 0.6) is 0 Å². The van der Waals surface area contributed by atoms with E-state index in [9.17, 15) is 14.4 Å². The Labute approximate surface area is 103 Å². The first kappa shape index (κ1) is 12.6. The summed E-state index contributed by atoms with van der Waals surface area (Å²) in [6.45, 7) is 2.54. The molecule has 0 spiro atoms. The fraction of sp³-hybridized carbons (Fsp3) is 0.545. The number of hydrogen-bond acceptors (Lipinski definition) is 4. The zero-order valence-electron chi connectivity index (χ0n) is 9.91. The molecule has 0 aliphatic carbocycles. The van der Waals surface area contributed by atoms with Crippen LogP contribution < -0.4 is 21.9 Å². The van der Waals surface area contributed by atoms with E-state index in [1.807, 2.05) is 4.98 Å². The molecular formula is C11H16N4O3. The third-order valence-electron chi connectivity index (χ3n) is 3.06. The first-order chi connectivity index (χ1) is 8.66. The largest absolute Gasteiger partial charge is 0.352 e. The van der Waals surface area contributed by atoms with E-state index in [1.54, 1.807) is 0 Å². The number of amides is 1. The van der Waals surface area contributed by atoms with Gasteiger partial charge in [-0.25, -0.2) is 4.79 Å². The Morgan fingerprint density at radius 2 is 2.28 bits per heavy atom. The number of carbonyl (C=O) groups excluding carboxylic acids is 1. The molecule has 1 fully saturated rings. The zero-order valence-corrected chi connectivity index (χ0v) is 9.91. The summed E-state index contributed by atoms with van der Waals surface area (Å²) >= 11 is 0. The fourth-order valence-corrected chi connectivity index (χ4v) is 2.02. The van der Waals surface area contributed by atoms with E-state index in [1.165, 1.54) is 0 Å². The number of rotatable bonds is 4. The molecule has 0 aromatic carbocycles. The van der Waals surface area contributed by atoms with Crippen molar-refractivity contribution < 1.29 is 4.79 Å². The highest BCUT2D eigenvalue weighted by molar-refractivity contribution is 5.93. The van der Waals surface area contributed by atoms with Gasteiger partial charge in [0, 0.05) is 12.7 Å². The standard InChI is InChI=1S/C11H16N4O3/c16-9(8-6-14-11(18)15-10(8)17)13-4-2-7-1-3-12-5-7/h6-7,12H,1-5H2,(H,13,16)(H2,14,15,17,18). The van der Waals surface area contributed by atoms with E-state index in [0.29, 0.717) is 12.5 Å². The van der Waals surface area contributed by atoms with Crippen molar-refractivity contribution in [3.63, 3.8) is 0 Å². The van der Waals surface area contributed by atoms with E-state index in [4.69, 9.17) is 0 Å². The maximum atomic E-state index is 11.7. The van der Waals surface area contributed by atoms with Gasteiger partial charge < -0.3 is 15.6 Å². The van der Waals surface area contributed by atoms with Crippen LogP contribution in [0.15, 0.2) is 15.8 Å². The second-order valence-corrected chi connectivity index (χ2v) is 4.39. The Hall–Kier alpha value is -1.89. The molecule has 1 aromatic heterocycles. The lowest BCUT2D eigenvalue weighted by Gasteiger charge is -2.08. The number of hydrogen-bond donors (Lipinski definition) is 4. The van der Waals surface area contributed by atoms with Gasteiger partial charge in [-0.05, 0) is 31.8 Å². The van der Waals surface area contributed by atoms with Crippen molar-refractivity contribution in [3.05, 3.63) is 32.6 Å². The van der Waals surface area contributed by atoms with Gasteiger partial charge in [-0.1, -0.05) is 0 Å². The van der Waals surface area contributed by atoms with Crippen LogP contribution in [0.1, 0.15) is 23.2 Å². The van der Waals surface area contributed by atoms with Crippen molar-refractivity contribution in [1.29, 1.82) is 0 Å². The van der Waals surface area contributed by atoms with Gasteiger partial charge in [-0.3, -0.25) is 14.6 Å². The molecule has 4 N–H and O–H groups in total. The fourth-order valence-electron chi connectivity index (χ4n) is 2.02. The average Bonchev–Trinajstić information content (AvgIpc) is 2.81. The number of aromatic amines is 2. The van der Waals surface area contributed by atoms with Crippen LogP contribution in [0.2, 0.25) is 0 Å². The van der Waals surface area contributed by atoms with E-state index in [2.05, 4.69) is 15.6 Å². The summed E-state index contributed by atoms with van der Waals surface area (Å²) in [4.78, 5) is 38.1. The Morgan fingerprint density at radius 1 is 1.44 bits per heavy atom. The van der Waals surface area contributed by atoms with Gasteiger partial charge >= 0.3 is 5.69 Å². The van der Waals surface area contributed by atoms with Gasteiger partial charge in [0.15, 0.2) is 0 Å². The lowest BCUT2D eigenvalue weighted by Crippen LogP contribution is -2.34. The molecule has 0 saturated carbocycles. The molecule has 18 heavy (non-hydrogen) atoms. The summed E-state index contributed by atoms with van der Waals surface area (Å²) in [6, 6.07) is 0. The summed E-state index contributed by atoms with van der Waals surface area (Å²) < 4.78 is 0. The van der Waals surface area contributed by atoms with Crippen molar-refractivity contribution in [2.75, 3.05) is 19.6 Å². The number of aromatic nitrogens is 2. The Kier molecular flexibility index (Phi) is 3.93. The van der Waals surface area contributed by atoms with Crippen LogP contribution in [0.25, 0.3) is 0 Å². The molecule has 1 atom stereocenters. The summed E-state index contributed by atoms with van der Waals surface area (Å²) in [5.74, 6) is 0.123. The molecular weight excluding hydrogens is 236 g/mol. The zero-order chi connectivity index (χ0) is 13.0. The van der Waals surface area contributed by atoms with E-state index >= 15 is 0 Å². The van der Waals surface area contributed by atoms with Crippen molar-refractivity contribution in [3.8, 4) is 0 Å². The molecule has 1 aliphatic heterocycles. The Morgan fingerprint density at radius 3 is 2.94 bits per heavy atom. The molecule has 1 unspecified atom stereocenters. The highest BCUT2D eigenvalue weighted by atomic mass is 16.2. The minimum Gasteiger partial charge on any atom is -0.352 e. The van der Waals surface area contributed by atoms with Crippen molar-refractivity contribution >= 4 is 5.91 Å². The van der Waals surface area contributed by atoms with Crippen molar-refractivity contribution in [1.82, 2.24) is 20.6 Å². The average molecular weight is 252 g/mol. The van der Waals surface area contributed by atoms with Crippen molar-refractivity contribution in [2.24, 2.45) is 5.92 Å². The highest BCUT2D eigenvalue weighted by Crippen LogP contribution is 2.10. The van der Waals surface area contributed by atoms with E-state index in [-0.39, 0.29) is 5.56 Å². The quantitative estimate of drug-likeness (QED) is 0.539. The molecule has 1 aliphatic rings. The predicted molar refractivity (Wildman–Crippen MR) is 65.6 cm³/mol. The number of nitrogens with one attached hydrogen (secondary N) is 4. The first-order valence-electron chi connectivity index (χ1n) is 5.98. The summed E-state index contributed by atoms with van der Waals surface area (Å²) in [5, 5.41) is 5.93. The molecule has 7 heteroatoms. The Bertz CT molecular complexity index is 528. The van der Waals surface area contributed by atoms with Crippen LogP contribution in [0.4, 0.5) is 0 Å². The molecule has 1 amide bonds. The normalized spacial score (nSPS) is 18.8. The minimum atomic E-state index is -0.668. The van der Waals surface area contributed by atoms with Gasteiger partial charge in [0.25, 0.3) is 11.5 Å². The third-order valence-corrected chi connectivity index (χ3v) is 3.06. The third kappa shape index (κ3) is 3.07. The van der Waals surface area contributed by atoms with E-state index < -0.39 is 17.2 Å². The lowest BCUT2D eigenvalue weighted by molar-refractivity contribution is 0.0949. The maximum Gasteiger partial charge on any atom is 0.325 e. The van der Waals surface area contributed by atoms with Crippen LogP contribution in [0.3, 0.4) is 0 Å². The summed E-state index contributed by atoms with van der Waals surface area (Å²) in [6.07, 6.45) is 3.14. The minimum absolute atomic E-state index is 0.0702. The van der Waals surface area contributed by atoms with Crippen LogP contribution in [-0.4, -0.2) is 35.5 Å². The van der Waals surface area contributed by atoms with E-state index in [0.717, 1.165) is 32.1 Å². The van der Waals surface area contributed by atoms with Crippen LogP contribution in [-0.2, 0) is 0 Å². The smallest absolute Gasteiger partial charge is 0.325 e. The molecule has 98 valence electrons. The highest BCUT2D eigenvalue weighted by Gasteiger charge is 2.15. The van der Waals surface area contributed by atoms with Gasteiger partial charge in [0.2, 0.25) is 0 Å². The first-order valence-corrected chi connectivity index (χ1v) is 5.98. The van der Waals surface area contributed by atoms with Gasteiger partial charge in [-0.2, -0.15) is 0 Å². The second-order valence-electron chi connectivity index (χ2n) is 4.39. The predicted octanol–water partition coefficient (Wildman–Crippen LogP) is -1.21. The number of H-pyrrole nitrogens is 2. The van der Waals surface area contributed by atoms with Gasteiger partial charge in [0.05, 0.1) is 0 Å². The molecule has 2 heterocycles. The molecule has 0 radical (unpaired) electrons. The van der Waals surface area contributed by atoms with Crippen molar-refractivity contribution in [2.45, 2.75) is 12.8 Å². The summed E-state index contributed by atoms with van der Waals surface area (Å²) in [5.41, 5.74) is -1.36. The molecule has 0 bridgehead atoms. The Balaban J connectivity index is 1.87. The monoisotopic (exact) mass is 252 g/mol. The van der Waals surface area contributed by atoms with Crippen LogP contribution in [0, 0.1) is 5.92 Å². The lowest BCUT2D eigenvalue weighted by atomic mass is 10.1. The van der Waals surface area contributed by atoms with Crippen LogP contribution >= 0.6 is 0 Å². The topological polar surface area (TPSA) is 107 Å². The molecule has 1 aromatic rings. The SMILES string of the molecule is O=C(NCCC1CCNC1)c1c[nH]c(=O)[nH]c1=O. The maximum absolute atomic E-state index is 11.7. The second kappa shape index (κ2) is 5.63.